The zero-order valence-corrected chi connectivity index (χ0v) is 6.25. The minimum absolute atomic E-state index is 0.285. The van der Waals surface area contributed by atoms with Crippen LogP contribution in [0.25, 0.3) is 11.0 Å². The molecule has 2 aromatic rings. The second kappa shape index (κ2) is 2.60. The first kappa shape index (κ1) is 7.31. The molecule has 1 aromatic carbocycles. The van der Waals surface area contributed by atoms with E-state index >= 15 is 0 Å². The molecule has 0 fully saturated rings. The highest BCUT2D eigenvalue weighted by Gasteiger charge is 2.04. The molecule has 1 heterocycles. The van der Waals surface area contributed by atoms with Crippen LogP contribution in [0, 0.1) is 5.82 Å². The number of hydrogen-bond acceptors (Lipinski definition) is 2. The summed E-state index contributed by atoms with van der Waals surface area (Å²) in [6.45, 7) is -0.285. The molecule has 0 amide bonds. The topological polar surface area (TPSA) is 33.4 Å². The number of rotatable bonds is 1. The average Bonchev–Trinajstić information content (AvgIpc) is 2.49. The summed E-state index contributed by atoms with van der Waals surface area (Å²) < 4.78 is 18.0. The van der Waals surface area contributed by atoms with Gasteiger partial charge in [-0.05, 0) is 12.1 Å². The quantitative estimate of drug-likeness (QED) is 0.703. The monoisotopic (exact) mass is 166 g/mol. The standard InChI is InChI=1S/C9H7FO2/c10-8-4-9-6(1-2-12-9)3-7(8)5-11/h1-4,11H,5H2. The minimum Gasteiger partial charge on any atom is -0.464 e. The van der Waals surface area contributed by atoms with E-state index in [1.165, 1.54) is 12.3 Å². The summed E-state index contributed by atoms with van der Waals surface area (Å²) in [5.41, 5.74) is 0.800. The Labute approximate surface area is 68.2 Å². The maximum Gasteiger partial charge on any atom is 0.136 e. The predicted octanol–water partition coefficient (Wildman–Crippen LogP) is 2.06. The molecule has 0 bridgehead atoms. The molecule has 0 radical (unpaired) electrons. The molecule has 3 heteroatoms. The van der Waals surface area contributed by atoms with E-state index in [9.17, 15) is 4.39 Å². The molecule has 0 aliphatic heterocycles. The van der Waals surface area contributed by atoms with Crippen molar-refractivity contribution in [1.29, 1.82) is 0 Å². The van der Waals surface area contributed by atoms with E-state index in [1.54, 1.807) is 12.1 Å². The van der Waals surface area contributed by atoms with Crippen molar-refractivity contribution >= 4 is 11.0 Å². The van der Waals surface area contributed by atoms with Crippen LogP contribution in [0.5, 0.6) is 0 Å². The number of fused-ring (bicyclic) bond motifs is 1. The van der Waals surface area contributed by atoms with Gasteiger partial charge in [0.05, 0.1) is 12.9 Å². The molecule has 62 valence electrons. The number of halogens is 1. The Hall–Kier alpha value is -1.35. The van der Waals surface area contributed by atoms with Crippen LogP contribution in [-0.4, -0.2) is 5.11 Å². The van der Waals surface area contributed by atoms with Crippen LogP contribution in [-0.2, 0) is 6.61 Å². The summed E-state index contributed by atoms with van der Waals surface area (Å²) in [7, 11) is 0. The maximum atomic E-state index is 13.0. The van der Waals surface area contributed by atoms with E-state index in [4.69, 9.17) is 9.52 Å². The minimum atomic E-state index is -0.431. The average molecular weight is 166 g/mol. The Morgan fingerprint density at radius 2 is 2.25 bits per heavy atom. The van der Waals surface area contributed by atoms with Gasteiger partial charge in [0.15, 0.2) is 0 Å². The van der Waals surface area contributed by atoms with Crippen LogP contribution < -0.4 is 0 Å². The summed E-state index contributed by atoms with van der Waals surface area (Å²) in [6.07, 6.45) is 1.49. The number of furan rings is 1. The molecule has 2 rings (SSSR count). The summed E-state index contributed by atoms with van der Waals surface area (Å²) in [5.74, 6) is -0.431. The predicted molar refractivity (Wildman–Crippen MR) is 42.1 cm³/mol. The largest absolute Gasteiger partial charge is 0.464 e. The first-order chi connectivity index (χ1) is 5.81. The SMILES string of the molecule is OCc1cc2ccoc2cc1F. The molecule has 12 heavy (non-hydrogen) atoms. The summed E-state index contributed by atoms with van der Waals surface area (Å²) in [5, 5.41) is 9.55. The molecule has 2 nitrogen and oxygen atoms in total. The van der Waals surface area contributed by atoms with Crippen LogP contribution in [0.3, 0.4) is 0 Å². The summed E-state index contributed by atoms with van der Waals surface area (Å²) in [4.78, 5) is 0. The first-order valence-corrected chi connectivity index (χ1v) is 3.58. The molecule has 0 unspecified atom stereocenters. The van der Waals surface area contributed by atoms with E-state index in [0.29, 0.717) is 11.1 Å². The number of aliphatic hydroxyl groups excluding tert-OH is 1. The van der Waals surface area contributed by atoms with E-state index < -0.39 is 5.82 Å². The molecule has 0 saturated heterocycles. The van der Waals surface area contributed by atoms with Gasteiger partial charge >= 0.3 is 0 Å². The van der Waals surface area contributed by atoms with Crippen molar-refractivity contribution in [2.75, 3.05) is 0 Å². The second-order valence-corrected chi connectivity index (χ2v) is 2.56. The van der Waals surface area contributed by atoms with Crippen molar-refractivity contribution in [3.8, 4) is 0 Å². The van der Waals surface area contributed by atoms with E-state index in [1.807, 2.05) is 0 Å². The lowest BCUT2D eigenvalue weighted by atomic mass is 10.1. The fourth-order valence-electron chi connectivity index (χ4n) is 1.15. The lowest BCUT2D eigenvalue weighted by Gasteiger charge is -1.97. The molecule has 0 aliphatic rings. The Balaban J connectivity index is 2.73. The van der Waals surface area contributed by atoms with Gasteiger partial charge in [-0.1, -0.05) is 0 Å². The van der Waals surface area contributed by atoms with Gasteiger partial charge in [-0.15, -0.1) is 0 Å². The third kappa shape index (κ3) is 0.987. The molecule has 0 spiro atoms. The van der Waals surface area contributed by atoms with Gasteiger partial charge in [0.2, 0.25) is 0 Å². The van der Waals surface area contributed by atoms with Crippen LogP contribution in [0.15, 0.2) is 28.9 Å². The summed E-state index contributed by atoms with van der Waals surface area (Å²) in [6, 6.07) is 4.59. The fraction of sp³-hybridized carbons (Fsp3) is 0.111. The van der Waals surface area contributed by atoms with Crippen LogP contribution in [0.1, 0.15) is 5.56 Å². The number of benzene rings is 1. The van der Waals surface area contributed by atoms with Crippen LogP contribution in [0.2, 0.25) is 0 Å². The van der Waals surface area contributed by atoms with Gasteiger partial charge in [-0.2, -0.15) is 0 Å². The Kier molecular flexibility index (Phi) is 1.59. The first-order valence-electron chi connectivity index (χ1n) is 3.58. The third-order valence-electron chi connectivity index (χ3n) is 1.79. The molecule has 0 saturated carbocycles. The maximum absolute atomic E-state index is 13.0. The zero-order valence-electron chi connectivity index (χ0n) is 6.25. The Morgan fingerprint density at radius 3 is 3.00 bits per heavy atom. The van der Waals surface area contributed by atoms with E-state index in [2.05, 4.69) is 0 Å². The summed E-state index contributed by atoms with van der Waals surface area (Å²) >= 11 is 0. The lowest BCUT2D eigenvalue weighted by Crippen LogP contribution is -1.87. The normalized spacial score (nSPS) is 10.8. The highest BCUT2D eigenvalue weighted by molar-refractivity contribution is 5.77. The molecule has 1 N–H and O–H groups in total. The van der Waals surface area contributed by atoms with Gasteiger partial charge < -0.3 is 9.52 Å². The van der Waals surface area contributed by atoms with Crippen molar-refractivity contribution in [3.05, 3.63) is 35.8 Å². The highest BCUT2D eigenvalue weighted by Crippen LogP contribution is 2.19. The van der Waals surface area contributed by atoms with Crippen molar-refractivity contribution < 1.29 is 13.9 Å². The van der Waals surface area contributed by atoms with Gasteiger partial charge in [0.25, 0.3) is 0 Å². The van der Waals surface area contributed by atoms with Crippen molar-refractivity contribution in [2.24, 2.45) is 0 Å². The second-order valence-electron chi connectivity index (χ2n) is 2.56. The number of hydrogen-bond donors (Lipinski definition) is 1. The van der Waals surface area contributed by atoms with Gasteiger partial charge in [-0.3, -0.25) is 0 Å². The fourth-order valence-corrected chi connectivity index (χ4v) is 1.15. The van der Waals surface area contributed by atoms with E-state index in [0.717, 1.165) is 5.39 Å². The Bertz CT molecular complexity index is 406. The van der Waals surface area contributed by atoms with Gasteiger partial charge in [0, 0.05) is 17.0 Å². The smallest absolute Gasteiger partial charge is 0.136 e. The molecule has 0 aliphatic carbocycles. The third-order valence-corrected chi connectivity index (χ3v) is 1.79. The highest BCUT2D eigenvalue weighted by atomic mass is 19.1. The van der Waals surface area contributed by atoms with Gasteiger partial charge in [0.1, 0.15) is 11.4 Å². The number of aliphatic hydroxyl groups is 1. The van der Waals surface area contributed by atoms with Crippen LogP contribution >= 0.6 is 0 Å². The van der Waals surface area contributed by atoms with E-state index in [-0.39, 0.29) is 6.61 Å². The Morgan fingerprint density at radius 1 is 1.42 bits per heavy atom. The molecule has 0 atom stereocenters. The zero-order chi connectivity index (χ0) is 8.55. The van der Waals surface area contributed by atoms with Crippen molar-refractivity contribution in [3.63, 3.8) is 0 Å². The lowest BCUT2D eigenvalue weighted by molar-refractivity contribution is 0.276. The molecular formula is C9H7FO2. The molecule has 1 aromatic heterocycles. The van der Waals surface area contributed by atoms with Gasteiger partial charge in [-0.25, -0.2) is 4.39 Å². The van der Waals surface area contributed by atoms with Crippen molar-refractivity contribution in [1.82, 2.24) is 0 Å². The van der Waals surface area contributed by atoms with Crippen LogP contribution in [0.4, 0.5) is 4.39 Å². The molecular weight excluding hydrogens is 159 g/mol. The van der Waals surface area contributed by atoms with Crippen molar-refractivity contribution in [2.45, 2.75) is 6.61 Å².